The van der Waals surface area contributed by atoms with Crippen molar-refractivity contribution in [2.75, 3.05) is 5.32 Å². The fraction of sp³-hybridized carbons (Fsp3) is 0. The number of carbonyl (C=O) groups is 1. The summed E-state index contributed by atoms with van der Waals surface area (Å²) in [5.74, 6) is 0.719. The fourth-order valence-corrected chi connectivity index (χ4v) is 2.52. The molecule has 2 aromatic carbocycles. The van der Waals surface area contributed by atoms with E-state index in [0.29, 0.717) is 28.6 Å². The minimum absolute atomic E-state index is 0.138. The summed E-state index contributed by atoms with van der Waals surface area (Å²) >= 11 is 0. The molecule has 0 aliphatic rings. The minimum Gasteiger partial charge on any atom is -0.451 e. The third-order valence-corrected chi connectivity index (χ3v) is 3.81. The van der Waals surface area contributed by atoms with Crippen molar-refractivity contribution in [1.82, 2.24) is 9.97 Å². The second-order valence-electron chi connectivity index (χ2n) is 5.80. The van der Waals surface area contributed by atoms with Crippen LogP contribution in [0.2, 0.25) is 0 Å². The van der Waals surface area contributed by atoms with Crippen molar-refractivity contribution in [1.29, 1.82) is 0 Å². The van der Waals surface area contributed by atoms with Gasteiger partial charge in [-0.1, -0.05) is 6.07 Å². The Kier molecular flexibility index (Phi) is 4.79. The topological polar surface area (TPSA) is 77.2 Å². The van der Waals surface area contributed by atoms with E-state index >= 15 is 0 Å². The van der Waals surface area contributed by atoms with Gasteiger partial charge in [0.05, 0.1) is 6.20 Å². The van der Waals surface area contributed by atoms with Gasteiger partial charge in [-0.25, -0.2) is 9.37 Å². The van der Waals surface area contributed by atoms with Crippen molar-refractivity contribution >= 4 is 11.6 Å². The van der Waals surface area contributed by atoms with E-state index in [1.165, 1.54) is 24.5 Å². The molecule has 0 aliphatic carbocycles. The molecule has 0 spiro atoms. The van der Waals surface area contributed by atoms with E-state index in [1.54, 1.807) is 54.7 Å². The SMILES string of the molecule is O=C(Nc1cccc(Oc2cnccn2)c1)c1ccc(-c2ccc(F)cc2)o1. The maximum Gasteiger partial charge on any atom is 0.291 e. The van der Waals surface area contributed by atoms with E-state index < -0.39 is 5.91 Å². The van der Waals surface area contributed by atoms with E-state index in [-0.39, 0.29) is 11.6 Å². The van der Waals surface area contributed by atoms with Gasteiger partial charge in [0, 0.05) is 29.7 Å². The molecule has 0 atom stereocenters. The first-order valence-electron chi connectivity index (χ1n) is 8.38. The molecule has 0 saturated carbocycles. The van der Waals surface area contributed by atoms with Gasteiger partial charge in [-0.2, -0.15) is 0 Å². The summed E-state index contributed by atoms with van der Waals surface area (Å²) in [6.45, 7) is 0. The first-order chi connectivity index (χ1) is 13.7. The molecule has 7 heteroatoms. The Labute approximate surface area is 159 Å². The van der Waals surface area contributed by atoms with Gasteiger partial charge in [0.2, 0.25) is 5.88 Å². The molecule has 0 aliphatic heterocycles. The second-order valence-corrected chi connectivity index (χ2v) is 5.80. The summed E-state index contributed by atoms with van der Waals surface area (Å²) in [5, 5.41) is 2.75. The van der Waals surface area contributed by atoms with Gasteiger partial charge in [0.15, 0.2) is 5.76 Å². The van der Waals surface area contributed by atoms with Crippen LogP contribution in [-0.2, 0) is 0 Å². The molecule has 6 nitrogen and oxygen atoms in total. The third-order valence-electron chi connectivity index (χ3n) is 3.81. The maximum atomic E-state index is 13.0. The molecular weight excluding hydrogens is 361 g/mol. The van der Waals surface area contributed by atoms with Crippen molar-refractivity contribution in [3.63, 3.8) is 0 Å². The molecule has 4 aromatic rings. The molecule has 1 amide bonds. The normalized spacial score (nSPS) is 10.5. The summed E-state index contributed by atoms with van der Waals surface area (Å²) < 4.78 is 24.2. The minimum atomic E-state index is -0.412. The lowest BCUT2D eigenvalue weighted by atomic mass is 10.2. The van der Waals surface area contributed by atoms with Crippen LogP contribution < -0.4 is 10.1 Å². The highest BCUT2D eigenvalue weighted by molar-refractivity contribution is 6.02. The number of hydrogen-bond acceptors (Lipinski definition) is 5. The van der Waals surface area contributed by atoms with Gasteiger partial charge >= 0.3 is 0 Å². The molecule has 0 radical (unpaired) electrons. The first-order valence-corrected chi connectivity index (χ1v) is 8.38. The van der Waals surface area contributed by atoms with Gasteiger partial charge in [0.25, 0.3) is 5.91 Å². The number of anilines is 1. The summed E-state index contributed by atoms with van der Waals surface area (Å²) in [4.78, 5) is 20.4. The predicted octanol–water partition coefficient (Wildman–Crippen LogP) is 4.92. The number of amides is 1. The number of rotatable bonds is 5. The van der Waals surface area contributed by atoms with Crippen molar-refractivity contribution < 1.29 is 18.3 Å². The molecule has 138 valence electrons. The Balaban J connectivity index is 1.47. The number of aromatic nitrogens is 2. The van der Waals surface area contributed by atoms with E-state index in [4.69, 9.17) is 9.15 Å². The van der Waals surface area contributed by atoms with E-state index in [2.05, 4.69) is 15.3 Å². The van der Waals surface area contributed by atoms with Crippen molar-refractivity contribution in [3.8, 4) is 23.0 Å². The molecule has 0 fully saturated rings. The molecule has 2 aromatic heterocycles. The molecule has 28 heavy (non-hydrogen) atoms. The van der Waals surface area contributed by atoms with Gasteiger partial charge < -0.3 is 14.5 Å². The van der Waals surface area contributed by atoms with Crippen molar-refractivity contribution in [3.05, 3.63) is 90.8 Å². The predicted molar refractivity (Wildman–Crippen MR) is 101 cm³/mol. The van der Waals surface area contributed by atoms with Crippen LogP contribution in [0, 0.1) is 5.82 Å². The van der Waals surface area contributed by atoms with Gasteiger partial charge in [-0.05, 0) is 48.5 Å². The summed E-state index contributed by atoms with van der Waals surface area (Å²) in [6.07, 6.45) is 4.56. The van der Waals surface area contributed by atoms with E-state index in [9.17, 15) is 9.18 Å². The average Bonchev–Trinajstić information content (AvgIpc) is 3.20. The lowest BCUT2D eigenvalue weighted by Crippen LogP contribution is -2.10. The Morgan fingerprint density at radius 2 is 1.89 bits per heavy atom. The van der Waals surface area contributed by atoms with Crippen molar-refractivity contribution in [2.45, 2.75) is 0 Å². The standard InChI is InChI=1S/C21H14FN3O3/c22-15-6-4-14(5-7-15)18-8-9-19(28-18)21(26)25-16-2-1-3-17(12-16)27-20-13-23-10-11-24-20/h1-13H,(H,25,26). The highest BCUT2D eigenvalue weighted by Crippen LogP contribution is 2.25. The van der Waals surface area contributed by atoms with Crippen LogP contribution in [0.15, 0.2) is 83.7 Å². The number of nitrogens with zero attached hydrogens (tertiary/aromatic N) is 2. The Bertz CT molecular complexity index is 1100. The highest BCUT2D eigenvalue weighted by atomic mass is 19.1. The first kappa shape index (κ1) is 17.4. The highest BCUT2D eigenvalue weighted by Gasteiger charge is 2.13. The van der Waals surface area contributed by atoms with E-state index in [1.807, 2.05) is 0 Å². The Hall–Kier alpha value is -4.00. The quantitative estimate of drug-likeness (QED) is 0.536. The molecule has 1 N–H and O–H groups in total. The van der Waals surface area contributed by atoms with Gasteiger partial charge in [-0.15, -0.1) is 0 Å². The van der Waals surface area contributed by atoms with Crippen LogP contribution >= 0.6 is 0 Å². The number of ether oxygens (including phenoxy) is 1. The fourth-order valence-electron chi connectivity index (χ4n) is 2.52. The molecule has 4 rings (SSSR count). The zero-order valence-corrected chi connectivity index (χ0v) is 14.5. The van der Waals surface area contributed by atoms with Crippen LogP contribution in [0.3, 0.4) is 0 Å². The van der Waals surface area contributed by atoms with Crippen LogP contribution in [0.5, 0.6) is 11.6 Å². The van der Waals surface area contributed by atoms with Gasteiger partial charge in [-0.3, -0.25) is 9.78 Å². The van der Waals surface area contributed by atoms with Crippen LogP contribution in [0.1, 0.15) is 10.6 Å². The third kappa shape index (κ3) is 4.04. The zero-order chi connectivity index (χ0) is 19.3. The van der Waals surface area contributed by atoms with E-state index in [0.717, 1.165) is 0 Å². The molecule has 0 saturated heterocycles. The number of nitrogens with one attached hydrogen (secondary N) is 1. The number of furan rings is 1. The van der Waals surface area contributed by atoms with Crippen molar-refractivity contribution in [2.24, 2.45) is 0 Å². The molecule has 0 bridgehead atoms. The largest absolute Gasteiger partial charge is 0.451 e. The Morgan fingerprint density at radius 1 is 1.04 bits per heavy atom. The number of halogens is 1. The smallest absolute Gasteiger partial charge is 0.291 e. The number of hydrogen-bond donors (Lipinski definition) is 1. The molecule has 2 heterocycles. The van der Waals surface area contributed by atoms with Gasteiger partial charge in [0.1, 0.15) is 17.3 Å². The van der Waals surface area contributed by atoms with Crippen LogP contribution in [0.4, 0.5) is 10.1 Å². The summed E-state index contributed by atoms with van der Waals surface area (Å²) in [7, 11) is 0. The summed E-state index contributed by atoms with van der Waals surface area (Å²) in [6, 6.07) is 15.9. The Morgan fingerprint density at radius 3 is 2.68 bits per heavy atom. The molecular formula is C21H14FN3O3. The van der Waals surface area contributed by atoms with Crippen LogP contribution in [-0.4, -0.2) is 15.9 Å². The maximum absolute atomic E-state index is 13.0. The molecule has 0 unspecified atom stereocenters. The average molecular weight is 375 g/mol. The van der Waals surface area contributed by atoms with Crippen LogP contribution in [0.25, 0.3) is 11.3 Å². The summed E-state index contributed by atoms with van der Waals surface area (Å²) in [5.41, 5.74) is 1.21. The number of benzene rings is 2. The zero-order valence-electron chi connectivity index (χ0n) is 14.5. The number of carbonyl (C=O) groups excluding carboxylic acids is 1. The lowest BCUT2D eigenvalue weighted by Gasteiger charge is -2.07. The monoisotopic (exact) mass is 375 g/mol. The second kappa shape index (κ2) is 7.71. The lowest BCUT2D eigenvalue weighted by molar-refractivity contribution is 0.0997.